The van der Waals surface area contributed by atoms with Crippen LogP contribution in [0.1, 0.15) is 69.4 Å². The molecule has 0 aliphatic rings. The first-order valence-corrected chi connectivity index (χ1v) is 12.0. The van der Waals surface area contributed by atoms with Gasteiger partial charge < -0.3 is 4.48 Å². The first-order valence-electron chi connectivity index (χ1n) is 9.85. The standard InChI is InChI=1S/C21H36N.2CN.Au/c1-5-7-8-9-10-11-12-13-18-22(3,4)19-21-16-14-20(6-2)15-17-21;2*1-2;/h6,14-17H,2,5,7-13,18-19H2,1,3-4H3;;;/q+1;;;-1. The van der Waals surface area contributed by atoms with Crippen LogP contribution in [-0.4, -0.2) is 25.1 Å². The first kappa shape index (κ1) is 25.6. The van der Waals surface area contributed by atoms with Crippen molar-refractivity contribution in [2.75, 3.05) is 20.6 Å². The molecule has 0 saturated heterocycles. The van der Waals surface area contributed by atoms with Crippen LogP contribution in [0.3, 0.4) is 0 Å². The molecule has 154 valence electrons. The Morgan fingerprint density at radius 1 is 0.926 bits per heavy atom. The van der Waals surface area contributed by atoms with Crippen LogP contribution in [0.15, 0.2) is 30.8 Å². The number of rotatable bonds is 12. The molecular formula is C23H36AuN3. The maximum absolute atomic E-state index is 7.64. The molecule has 0 aliphatic carbocycles. The minimum atomic E-state index is -0.670. The van der Waals surface area contributed by atoms with E-state index in [4.69, 9.17) is 10.5 Å². The van der Waals surface area contributed by atoms with Gasteiger partial charge in [0.15, 0.2) is 0 Å². The molecule has 0 unspecified atom stereocenters. The van der Waals surface area contributed by atoms with Crippen LogP contribution in [-0.2, 0) is 26.3 Å². The van der Waals surface area contributed by atoms with Gasteiger partial charge in [0.05, 0.1) is 20.6 Å². The summed E-state index contributed by atoms with van der Waals surface area (Å²) in [4.78, 5) is 0. The van der Waals surface area contributed by atoms with Crippen molar-refractivity contribution in [2.24, 2.45) is 0 Å². The molecule has 0 aliphatic heterocycles. The van der Waals surface area contributed by atoms with E-state index in [1.165, 1.54) is 69.0 Å². The van der Waals surface area contributed by atoms with Crippen molar-refractivity contribution in [3.63, 3.8) is 0 Å². The summed E-state index contributed by atoms with van der Waals surface area (Å²) in [6, 6.07) is 8.81. The van der Waals surface area contributed by atoms with Gasteiger partial charge in [-0.2, -0.15) is 0 Å². The minimum absolute atomic E-state index is 0.670. The third-order valence-electron chi connectivity index (χ3n) is 4.51. The molecule has 0 bridgehead atoms. The second-order valence-corrected chi connectivity index (χ2v) is 8.96. The van der Waals surface area contributed by atoms with Gasteiger partial charge in [-0.05, 0) is 18.4 Å². The molecule has 1 aromatic rings. The van der Waals surface area contributed by atoms with Gasteiger partial charge in [0, 0.05) is 5.56 Å². The van der Waals surface area contributed by atoms with Crippen molar-refractivity contribution in [1.82, 2.24) is 0 Å². The predicted octanol–water partition coefficient (Wildman–Crippen LogP) is 6.08. The van der Waals surface area contributed by atoms with Crippen molar-refractivity contribution in [3.05, 3.63) is 42.0 Å². The Kier molecular flexibility index (Phi) is 15.9. The van der Waals surface area contributed by atoms with Crippen LogP contribution in [0.25, 0.3) is 6.08 Å². The molecule has 0 atom stereocenters. The zero-order valence-electron chi connectivity index (χ0n) is 17.3. The molecule has 0 aromatic heterocycles. The quantitative estimate of drug-likeness (QED) is 0.180. The van der Waals surface area contributed by atoms with Gasteiger partial charge in [0.2, 0.25) is 0 Å². The molecule has 0 heterocycles. The van der Waals surface area contributed by atoms with E-state index in [1.807, 2.05) is 6.08 Å². The fourth-order valence-electron chi connectivity index (χ4n) is 3.02. The van der Waals surface area contributed by atoms with Gasteiger partial charge in [-0.25, -0.2) is 0 Å². The van der Waals surface area contributed by atoms with E-state index in [0.29, 0.717) is 0 Å². The average Bonchev–Trinajstić information content (AvgIpc) is 2.65. The normalized spacial score (nSPS) is 10.4. The van der Waals surface area contributed by atoms with Crippen LogP contribution in [0.2, 0.25) is 0 Å². The molecule has 0 N–H and O–H groups in total. The molecule has 0 spiro atoms. The van der Waals surface area contributed by atoms with Crippen LogP contribution in [0.4, 0.5) is 0 Å². The van der Waals surface area contributed by atoms with Gasteiger partial charge in [0.1, 0.15) is 6.54 Å². The number of unbranched alkanes of at least 4 members (excludes halogenated alkanes) is 7. The van der Waals surface area contributed by atoms with E-state index in [2.05, 4.69) is 51.9 Å². The van der Waals surface area contributed by atoms with Crippen LogP contribution >= 0.6 is 0 Å². The summed E-state index contributed by atoms with van der Waals surface area (Å²) in [6.45, 7) is 8.49. The van der Waals surface area contributed by atoms with Crippen molar-refractivity contribution in [1.29, 1.82) is 10.5 Å². The second kappa shape index (κ2) is 16.8. The zero-order valence-corrected chi connectivity index (χ0v) is 19.5. The Labute approximate surface area is 176 Å². The molecule has 1 rings (SSSR count). The van der Waals surface area contributed by atoms with Crippen molar-refractivity contribution in [2.45, 2.75) is 64.8 Å². The third-order valence-corrected chi connectivity index (χ3v) is 4.99. The maximum atomic E-state index is 7.64. The number of nitriles is 2. The Hall–Kier alpha value is -1.36. The fraction of sp³-hybridized carbons (Fsp3) is 0.565. The van der Waals surface area contributed by atoms with E-state index in [0.717, 1.165) is 11.0 Å². The molecule has 0 amide bonds. The van der Waals surface area contributed by atoms with E-state index in [-0.39, 0.29) is 0 Å². The number of hydrogen-bond acceptors (Lipinski definition) is 2. The molecule has 0 fully saturated rings. The zero-order chi connectivity index (χ0) is 20.4. The summed E-state index contributed by atoms with van der Waals surface area (Å²) in [5.74, 6) is 0. The molecule has 0 saturated carbocycles. The van der Waals surface area contributed by atoms with E-state index >= 15 is 0 Å². The summed E-state index contributed by atoms with van der Waals surface area (Å²) in [7, 11) is 4.70. The van der Waals surface area contributed by atoms with Crippen molar-refractivity contribution < 1.29 is 24.2 Å². The van der Waals surface area contributed by atoms with Gasteiger partial charge in [-0.1, -0.05) is 82.4 Å². The molecule has 4 heteroatoms. The second-order valence-electron chi connectivity index (χ2n) is 7.45. The van der Waals surface area contributed by atoms with Crippen LogP contribution in [0.5, 0.6) is 0 Å². The summed E-state index contributed by atoms with van der Waals surface area (Å²) in [6.07, 6.45) is 13.1. The topological polar surface area (TPSA) is 47.6 Å². The third kappa shape index (κ3) is 15.4. The number of hydrogen-bond donors (Lipinski definition) is 0. The first-order chi connectivity index (χ1) is 13.0. The number of quaternary nitrogens is 1. The Morgan fingerprint density at radius 2 is 1.44 bits per heavy atom. The molecule has 27 heavy (non-hydrogen) atoms. The van der Waals surface area contributed by atoms with Gasteiger partial charge in [0.25, 0.3) is 0 Å². The molecule has 1 aromatic carbocycles. The van der Waals surface area contributed by atoms with E-state index < -0.39 is 19.8 Å². The summed E-state index contributed by atoms with van der Waals surface area (Å²) in [5.41, 5.74) is 2.63. The van der Waals surface area contributed by atoms with Crippen molar-refractivity contribution >= 4 is 6.08 Å². The Bertz CT molecular complexity index is 567. The monoisotopic (exact) mass is 551 g/mol. The van der Waals surface area contributed by atoms with E-state index in [1.54, 1.807) is 8.57 Å². The summed E-state index contributed by atoms with van der Waals surface area (Å²) >= 11 is -0.670. The van der Waals surface area contributed by atoms with Crippen molar-refractivity contribution in [3.8, 4) is 8.57 Å². The Morgan fingerprint density at radius 3 is 1.89 bits per heavy atom. The number of benzene rings is 1. The van der Waals surface area contributed by atoms with Crippen LogP contribution in [0, 0.1) is 19.1 Å². The number of nitrogens with zero attached hydrogens (tertiary/aromatic N) is 3. The van der Waals surface area contributed by atoms with Gasteiger partial charge in [-0.3, -0.25) is 0 Å². The Balaban J connectivity index is 0.00000119. The average molecular weight is 552 g/mol. The van der Waals surface area contributed by atoms with Gasteiger partial charge >= 0.3 is 38.9 Å². The summed E-state index contributed by atoms with van der Waals surface area (Å²) in [5, 5.41) is 15.3. The fourth-order valence-corrected chi connectivity index (χ4v) is 3.13. The van der Waals surface area contributed by atoms with Crippen LogP contribution < -0.4 is 0 Å². The predicted molar refractivity (Wildman–Crippen MR) is 111 cm³/mol. The molecule has 0 radical (unpaired) electrons. The summed E-state index contributed by atoms with van der Waals surface area (Å²) < 4.78 is 4.59. The van der Waals surface area contributed by atoms with E-state index in [9.17, 15) is 0 Å². The molecule has 3 nitrogen and oxygen atoms in total. The molecular weight excluding hydrogens is 515 g/mol. The van der Waals surface area contributed by atoms with Gasteiger partial charge in [-0.15, -0.1) is 0 Å². The SMILES string of the molecule is C=Cc1ccc(C[N+](C)(C)CCCCCCCCCC)cc1.N#[C][Au-][C]#N.